The molecule has 2 aliphatic heterocycles. The van der Waals surface area contributed by atoms with Crippen molar-refractivity contribution < 1.29 is 9.53 Å². The van der Waals surface area contributed by atoms with Gasteiger partial charge in [-0.15, -0.1) is 0 Å². The van der Waals surface area contributed by atoms with Crippen molar-refractivity contribution >= 4 is 5.91 Å². The van der Waals surface area contributed by atoms with Gasteiger partial charge < -0.3 is 9.64 Å². The number of rotatable bonds is 3. The molecule has 28 heavy (non-hydrogen) atoms. The third-order valence-electron chi connectivity index (χ3n) is 6.58. The van der Waals surface area contributed by atoms with Crippen molar-refractivity contribution in [3.05, 3.63) is 41.0 Å². The number of hydrogen-bond acceptors (Lipinski definition) is 4. The Kier molecular flexibility index (Phi) is 4.67. The highest BCUT2D eigenvalue weighted by Gasteiger charge is 2.30. The van der Waals surface area contributed by atoms with Crippen molar-refractivity contribution in [2.75, 3.05) is 26.3 Å². The van der Waals surface area contributed by atoms with Crippen LogP contribution in [0.25, 0.3) is 5.69 Å². The van der Waals surface area contributed by atoms with Gasteiger partial charge in [-0.05, 0) is 61.8 Å². The lowest BCUT2D eigenvalue weighted by Gasteiger charge is -2.30. The summed E-state index contributed by atoms with van der Waals surface area (Å²) in [5.41, 5.74) is 4.06. The number of fused-ring (bicyclic) bond motifs is 1. The number of carbonyl (C=O) groups excluding carboxylic acids is 1. The fourth-order valence-electron chi connectivity index (χ4n) is 4.85. The second-order valence-electron chi connectivity index (χ2n) is 8.39. The van der Waals surface area contributed by atoms with Crippen LogP contribution in [0.5, 0.6) is 0 Å². The molecule has 1 atom stereocenters. The molecule has 6 nitrogen and oxygen atoms in total. The number of piperidine rings is 1. The molecule has 1 aliphatic carbocycles. The van der Waals surface area contributed by atoms with Gasteiger partial charge in [-0.25, -0.2) is 9.67 Å². The van der Waals surface area contributed by atoms with E-state index in [1.54, 1.807) is 6.92 Å². The van der Waals surface area contributed by atoms with Crippen LogP contribution in [0.1, 0.15) is 67.2 Å². The van der Waals surface area contributed by atoms with Crippen LogP contribution in [-0.2, 0) is 22.4 Å². The topological polar surface area (TPSA) is 60.3 Å². The van der Waals surface area contributed by atoms with Crippen molar-refractivity contribution in [2.45, 2.75) is 57.3 Å². The summed E-state index contributed by atoms with van der Waals surface area (Å²) in [5, 5.41) is 4.96. The molecule has 0 saturated carbocycles. The first-order valence-corrected chi connectivity index (χ1v) is 10.6. The highest BCUT2D eigenvalue weighted by atomic mass is 16.5. The zero-order chi connectivity index (χ0) is 19.1. The van der Waals surface area contributed by atoms with Crippen molar-refractivity contribution in [1.82, 2.24) is 19.7 Å². The normalized spacial score (nSPS) is 22.6. The van der Waals surface area contributed by atoms with Crippen LogP contribution in [0.15, 0.2) is 18.2 Å². The molecule has 1 aromatic carbocycles. The molecule has 6 heteroatoms. The van der Waals surface area contributed by atoms with E-state index in [-0.39, 0.29) is 5.91 Å². The monoisotopic (exact) mass is 380 g/mol. The van der Waals surface area contributed by atoms with Gasteiger partial charge in [0.25, 0.3) is 0 Å². The van der Waals surface area contributed by atoms with Crippen LogP contribution in [0.2, 0.25) is 0 Å². The Morgan fingerprint density at radius 2 is 1.93 bits per heavy atom. The van der Waals surface area contributed by atoms with E-state index in [0.29, 0.717) is 11.8 Å². The van der Waals surface area contributed by atoms with Gasteiger partial charge in [0.15, 0.2) is 5.82 Å². The summed E-state index contributed by atoms with van der Waals surface area (Å²) < 4.78 is 7.66. The highest BCUT2D eigenvalue weighted by Crippen LogP contribution is 2.32. The predicted molar refractivity (Wildman–Crippen MR) is 106 cm³/mol. The van der Waals surface area contributed by atoms with Crippen LogP contribution in [0, 0.1) is 0 Å². The lowest BCUT2D eigenvalue weighted by molar-refractivity contribution is -0.129. The Morgan fingerprint density at radius 3 is 2.68 bits per heavy atom. The number of ether oxygens (including phenoxy) is 1. The first-order valence-electron chi connectivity index (χ1n) is 10.6. The summed E-state index contributed by atoms with van der Waals surface area (Å²) in [5.74, 6) is 2.78. The Hall–Kier alpha value is -2.21. The SMILES string of the molecule is CC(=O)N1CCC(c2nc([C@@H]3CCOC3)nn2-c2ccc3c(c2)CCC3)CC1. The molecule has 0 bridgehead atoms. The van der Waals surface area contributed by atoms with Crippen LogP contribution < -0.4 is 0 Å². The van der Waals surface area contributed by atoms with Crippen LogP contribution in [-0.4, -0.2) is 51.9 Å². The predicted octanol–water partition coefficient (Wildman–Crippen LogP) is 2.99. The third-order valence-corrected chi connectivity index (χ3v) is 6.58. The van der Waals surface area contributed by atoms with E-state index < -0.39 is 0 Å². The number of amides is 1. The molecule has 0 unspecified atom stereocenters. The number of likely N-dealkylation sites (tertiary alicyclic amines) is 1. The molecule has 1 amide bonds. The standard InChI is InChI=1S/C22H28N4O2/c1-15(27)25-10-7-17(8-11-25)22-23-21(19-9-12-28-14-19)24-26(22)20-6-5-16-3-2-4-18(16)13-20/h5-6,13,17,19H,2-4,7-12,14H2,1H3/t19-/m1/s1. The van der Waals surface area contributed by atoms with E-state index in [4.69, 9.17) is 14.8 Å². The van der Waals surface area contributed by atoms with Crippen molar-refractivity contribution in [1.29, 1.82) is 0 Å². The van der Waals surface area contributed by atoms with Crippen molar-refractivity contribution in [2.24, 2.45) is 0 Å². The zero-order valence-corrected chi connectivity index (χ0v) is 16.6. The summed E-state index contributed by atoms with van der Waals surface area (Å²) in [6, 6.07) is 6.77. The second kappa shape index (κ2) is 7.32. The average molecular weight is 380 g/mol. The summed E-state index contributed by atoms with van der Waals surface area (Å²) >= 11 is 0. The molecular formula is C22H28N4O2. The maximum atomic E-state index is 11.7. The van der Waals surface area contributed by atoms with Gasteiger partial charge >= 0.3 is 0 Å². The molecule has 148 valence electrons. The van der Waals surface area contributed by atoms with Gasteiger partial charge in [-0.1, -0.05) is 6.07 Å². The van der Waals surface area contributed by atoms with Crippen molar-refractivity contribution in [3.8, 4) is 5.69 Å². The van der Waals surface area contributed by atoms with Crippen molar-refractivity contribution in [3.63, 3.8) is 0 Å². The van der Waals surface area contributed by atoms with E-state index in [1.807, 2.05) is 4.90 Å². The number of benzene rings is 1. The highest BCUT2D eigenvalue weighted by molar-refractivity contribution is 5.73. The second-order valence-corrected chi connectivity index (χ2v) is 8.39. The summed E-state index contributed by atoms with van der Waals surface area (Å²) in [7, 11) is 0. The maximum absolute atomic E-state index is 11.7. The minimum absolute atomic E-state index is 0.169. The number of hydrogen-bond donors (Lipinski definition) is 0. The molecule has 0 radical (unpaired) electrons. The van der Waals surface area contributed by atoms with Crippen LogP contribution >= 0.6 is 0 Å². The van der Waals surface area contributed by atoms with E-state index in [1.165, 1.54) is 24.0 Å². The largest absolute Gasteiger partial charge is 0.381 e. The lowest BCUT2D eigenvalue weighted by Crippen LogP contribution is -2.36. The van der Waals surface area contributed by atoms with Gasteiger partial charge in [0, 0.05) is 38.5 Å². The van der Waals surface area contributed by atoms with Crippen LogP contribution in [0.3, 0.4) is 0 Å². The van der Waals surface area contributed by atoms with Gasteiger partial charge in [0.05, 0.1) is 12.3 Å². The summed E-state index contributed by atoms with van der Waals surface area (Å²) in [4.78, 5) is 18.7. The third kappa shape index (κ3) is 3.24. The fourth-order valence-corrected chi connectivity index (χ4v) is 4.85. The minimum atomic E-state index is 0.169. The Morgan fingerprint density at radius 1 is 1.11 bits per heavy atom. The molecule has 2 saturated heterocycles. The Bertz CT molecular complexity index is 877. The quantitative estimate of drug-likeness (QED) is 0.821. The van der Waals surface area contributed by atoms with Crippen LogP contribution in [0.4, 0.5) is 0 Å². The molecule has 3 aliphatic rings. The van der Waals surface area contributed by atoms with Gasteiger partial charge in [0.2, 0.25) is 5.91 Å². The summed E-state index contributed by atoms with van der Waals surface area (Å²) in [6.07, 6.45) is 6.49. The van der Waals surface area contributed by atoms with E-state index in [2.05, 4.69) is 22.9 Å². The zero-order valence-electron chi connectivity index (χ0n) is 16.6. The van der Waals surface area contributed by atoms with E-state index in [0.717, 1.165) is 69.3 Å². The first-order chi connectivity index (χ1) is 13.7. The maximum Gasteiger partial charge on any atom is 0.219 e. The average Bonchev–Trinajstić information content (AvgIpc) is 3.47. The lowest BCUT2D eigenvalue weighted by atomic mass is 9.95. The van der Waals surface area contributed by atoms with Gasteiger partial charge in [-0.2, -0.15) is 5.10 Å². The molecule has 5 rings (SSSR count). The molecular weight excluding hydrogens is 352 g/mol. The summed E-state index contributed by atoms with van der Waals surface area (Å²) in [6.45, 7) is 4.78. The number of carbonyl (C=O) groups is 1. The van der Waals surface area contributed by atoms with Gasteiger partial charge in [0.1, 0.15) is 5.82 Å². The van der Waals surface area contributed by atoms with E-state index >= 15 is 0 Å². The number of aromatic nitrogens is 3. The Labute approximate surface area is 165 Å². The molecule has 2 fully saturated rings. The fraction of sp³-hybridized carbons (Fsp3) is 0.591. The minimum Gasteiger partial charge on any atom is -0.381 e. The Balaban J connectivity index is 1.49. The smallest absolute Gasteiger partial charge is 0.219 e. The molecule has 2 aromatic rings. The van der Waals surface area contributed by atoms with E-state index in [9.17, 15) is 4.79 Å². The number of aryl methyl sites for hydroxylation is 2. The molecule has 1 aromatic heterocycles. The van der Waals surface area contributed by atoms with Gasteiger partial charge in [-0.3, -0.25) is 4.79 Å². The molecule has 3 heterocycles. The molecule has 0 N–H and O–H groups in total. The molecule has 0 spiro atoms. The first kappa shape index (κ1) is 17.9. The number of nitrogens with zero attached hydrogens (tertiary/aromatic N) is 4.